The molecule has 0 nitrogen and oxygen atoms in total. The molecule has 0 aliphatic carbocycles. The Morgan fingerprint density at radius 3 is 1.12 bits per heavy atom. The van der Waals surface area contributed by atoms with E-state index in [1.807, 2.05) is 0 Å². The van der Waals surface area contributed by atoms with Gasteiger partial charge in [0.15, 0.2) is 0 Å². The van der Waals surface area contributed by atoms with Gasteiger partial charge in [-0.15, -0.1) is 0 Å². The standard InChI is InChI=1S/2C24H37Si.6CH3.2Ti/c1-8-20-12-21(9-2)14-22(13-20)25-15-24-19(7)17(5)18(6)23(24)11-10-16(3)4;1-8-16(4)11-23-18(6)17(5)19(7)24(23)15-25-22-13-20(9-2)12-21(10-3)14-22;;;;;;;;/h2*12-14,16H,8-11,15,25H2,1-7H3;6*1H3;;/q8*-1;2*+4. The summed E-state index contributed by atoms with van der Waals surface area (Å²) in [7, 11) is -0.510. The van der Waals surface area contributed by atoms with Gasteiger partial charge in [0.25, 0.3) is 0 Å². The zero-order valence-electron chi connectivity index (χ0n) is 42.1. The molecular formula is C54H92Si2Ti2. The van der Waals surface area contributed by atoms with E-state index in [-0.39, 0.29) is 107 Å². The Kier molecular flexibility index (Phi) is 39.8. The van der Waals surface area contributed by atoms with Crippen LogP contribution < -0.4 is 10.4 Å². The van der Waals surface area contributed by atoms with Crippen molar-refractivity contribution in [2.24, 2.45) is 11.8 Å². The molecule has 0 saturated heterocycles. The van der Waals surface area contributed by atoms with Crippen molar-refractivity contribution in [1.82, 2.24) is 0 Å². The molecule has 0 saturated carbocycles. The fourth-order valence-electron chi connectivity index (χ4n) is 7.91. The van der Waals surface area contributed by atoms with Crippen LogP contribution in [0.1, 0.15) is 146 Å². The maximum absolute atomic E-state index is 2.48. The second kappa shape index (κ2) is 33.6. The third-order valence-corrected chi connectivity index (χ3v) is 15.7. The Morgan fingerprint density at radius 1 is 0.483 bits per heavy atom. The summed E-state index contributed by atoms with van der Waals surface area (Å²) < 4.78 is 0. The SMILES string of the molecule is CCc1cc(CC)cc([SiH2]C[c-]2c(C)c(C)c(C)c2CC(C)CC)c1.CCc1cc(CC)cc([SiH2]C[c-]2c(C)c(C)c(C)c2CCC(C)C)c1.[CH3-].[CH3-].[CH3-].[CH3-].[CH3-].[CH3-].[Ti+4].[Ti+4]. The fourth-order valence-corrected chi connectivity index (χ4v) is 12.0. The van der Waals surface area contributed by atoms with Crippen molar-refractivity contribution in [2.75, 3.05) is 0 Å². The van der Waals surface area contributed by atoms with Gasteiger partial charge < -0.3 is 44.6 Å². The van der Waals surface area contributed by atoms with E-state index in [1.54, 1.807) is 66.0 Å². The third-order valence-electron chi connectivity index (χ3n) is 12.2. The first-order valence-electron chi connectivity index (χ1n) is 20.5. The number of aryl methyl sites for hydroxylation is 4. The van der Waals surface area contributed by atoms with Gasteiger partial charge in [-0.2, -0.15) is 55.6 Å². The molecule has 0 spiro atoms. The summed E-state index contributed by atoms with van der Waals surface area (Å²) in [5, 5.41) is 3.31. The maximum Gasteiger partial charge on any atom is 4.00 e. The van der Waals surface area contributed by atoms with Crippen LogP contribution in [-0.4, -0.2) is 19.0 Å². The molecule has 1 unspecified atom stereocenters. The molecule has 58 heavy (non-hydrogen) atoms. The Morgan fingerprint density at radius 2 is 0.810 bits per heavy atom. The second-order valence-electron chi connectivity index (χ2n) is 16.0. The van der Waals surface area contributed by atoms with E-state index >= 15 is 0 Å². The molecule has 0 aromatic heterocycles. The third kappa shape index (κ3) is 18.9. The van der Waals surface area contributed by atoms with Crippen LogP contribution >= 0.6 is 0 Å². The molecule has 0 radical (unpaired) electrons. The van der Waals surface area contributed by atoms with Crippen LogP contribution in [0, 0.1) is 97.9 Å². The minimum Gasteiger partial charge on any atom is -0.358 e. The minimum absolute atomic E-state index is 0. The summed E-state index contributed by atoms with van der Waals surface area (Å²) in [6, 6.07) is 17.4. The van der Waals surface area contributed by atoms with E-state index in [1.165, 1.54) is 60.0 Å². The monoisotopic (exact) mass is 893 g/mol. The topological polar surface area (TPSA) is 0 Å². The van der Waals surface area contributed by atoms with Gasteiger partial charge in [-0.25, -0.2) is 0 Å². The molecular weight excluding hydrogens is 800 g/mol. The number of hydrogen-bond donors (Lipinski definition) is 0. The Bertz CT molecular complexity index is 1620. The maximum atomic E-state index is 2.48. The largest absolute Gasteiger partial charge is 4.00 e. The second-order valence-corrected chi connectivity index (χ2v) is 19.7. The minimum atomic E-state index is -0.257. The van der Waals surface area contributed by atoms with Crippen molar-refractivity contribution >= 4 is 29.4 Å². The van der Waals surface area contributed by atoms with Crippen LogP contribution in [0.4, 0.5) is 0 Å². The molecule has 4 aromatic carbocycles. The molecule has 324 valence electrons. The number of rotatable bonds is 16. The van der Waals surface area contributed by atoms with E-state index < -0.39 is 0 Å². The average molecular weight is 893 g/mol. The first-order valence-corrected chi connectivity index (χ1v) is 23.9. The molecule has 4 heteroatoms. The van der Waals surface area contributed by atoms with Crippen molar-refractivity contribution in [3.05, 3.63) is 159 Å². The van der Waals surface area contributed by atoms with Crippen molar-refractivity contribution in [3.63, 3.8) is 0 Å². The molecule has 0 bridgehead atoms. The summed E-state index contributed by atoms with van der Waals surface area (Å²) in [4.78, 5) is 0. The van der Waals surface area contributed by atoms with Crippen LogP contribution in [0.5, 0.6) is 0 Å². The molecule has 4 rings (SSSR count). The number of benzene rings is 2. The van der Waals surface area contributed by atoms with E-state index in [9.17, 15) is 0 Å². The van der Waals surface area contributed by atoms with Crippen LogP contribution in [-0.2, 0) is 94.0 Å². The van der Waals surface area contributed by atoms with E-state index in [2.05, 4.69) is 133 Å². The van der Waals surface area contributed by atoms with Gasteiger partial charge >= 0.3 is 43.4 Å². The van der Waals surface area contributed by atoms with Crippen molar-refractivity contribution in [1.29, 1.82) is 0 Å². The van der Waals surface area contributed by atoms with Crippen LogP contribution in [0.2, 0.25) is 0 Å². The quantitative estimate of drug-likeness (QED) is 0.0777. The first-order chi connectivity index (χ1) is 23.8. The van der Waals surface area contributed by atoms with Crippen molar-refractivity contribution < 1.29 is 43.4 Å². The Hall–Kier alpha value is -0.998. The van der Waals surface area contributed by atoms with Gasteiger partial charge in [-0.3, -0.25) is 0 Å². The van der Waals surface area contributed by atoms with Gasteiger partial charge in [0.2, 0.25) is 0 Å². The molecule has 4 aromatic rings. The van der Waals surface area contributed by atoms with Gasteiger partial charge in [0.1, 0.15) is 0 Å². The molecule has 1 atom stereocenters. The molecule has 0 fully saturated rings. The van der Waals surface area contributed by atoms with Crippen LogP contribution in [0.15, 0.2) is 36.4 Å². The Labute approximate surface area is 400 Å². The molecule has 0 aliphatic rings. The van der Waals surface area contributed by atoms with Gasteiger partial charge in [-0.05, 0) is 72.6 Å². The van der Waals surface area contributed by atoms with Crippen LogP contribution in [0.3, 0.4) is 0 Å². The summed E-state index contributed by atoms with van der Waals surface area (Å²) in [5.74, 6) is 1.57. The summed E-state index contributed by atoms with van der Waals surface area (Å²) >= 11 is 0. The molecule has 0 heterocycles. The summed E-state index contributed by atoms with van der Waals surface area (Å²) in [6.07, 6.45) is 9.73. The summed E-state index contributed by atoms with van der Waals surface area (Å²) in [6.45, 7) is 32.5. The smallest absolute Gasteiger partial charge is 0.358 e. The van der Waals surface area contributed by atoms with Gasteiger partial charge in [-0.1, -0.05) is 169 Å². The van der Waals surface area contributed by atoms with Crippen molar-refractivity contribution in [3.8, 4) is 0 Å². The molecule has 0 aliphatic heterocycles. The zero-order valence-corrected chi connectivity index (χ0v) is 48.1. The molecule has 0 N–H and O–H groups in total. The van der Waals surface area contributed by atoms with E-state index in [0.717, 1.165) is 37.5 Å². The van der Waals surface area contributed by atoms with Gasteiger partial charge in [0, 0.05) is 19.0 Å². The Balaban J connectivity index is -0.000000205. The predicted octanol–water partition coefficient (Wildman–Crippen LogP) is 12.8. The number of hydrogen-bond acceptors (Lipinski definition) is 0. The van der Waals surface area contributed by atoms with E-state index in [4.69, 9.17) is 0 Å². The first kappa shape index (κ1) is 68.7. The zero-order chi connectivity index (χ0) is 37.1. The average Bonchev–Trinajstić information content (AvgIpc) is 3.45. The van der Waals surface area contributed by atoms with E-state index in [0.29, 0.717) is 0 Å². The fraction of sp³-hybridized carbons (Fsp3) is 0.481. The molecule has 0 amide bonds. The normalized spacial score (nSPS) is 10.8. The summed E-state index contributed by atoms with van der Waals surface area (Å²) in [5.41, 5.74) is 22.2. The van der Waals surface area contributed by atoms with Crippen LogP contribution in [0.25, 0.3) is 0 Å². The van der Waals surface area contributed by atoms with Crippen molar-refractivity contribution in [2.45, 2.75) is 160 Å². The predicted molar refractivity (Wildman–Crippen MR) is 271 cm³/mol. The van der Waals surface area contributed by atoms with Gasteiger partial charge in [0.05, 0.1) is 0 Å².